The molecular formula is C24H19ClN4O3S. The molecule has 0 saturated carbocycles. The topological polar surface area (TPSA) is 93.1 Å². The van der Waals surface area contributed by atoms with Crippen LogP contribution in [0.1, 0.15) is 6.92 Å². The molecule has 0 unspecified atom stereocenters. The summed E-state index contributed by atoms with van der Waals surface area (Å²) >= 11 is 7.50. The number of halogens is 1. The first-order valence-corrected chi connectivity index (χ1v) is 11.4. The summed E-state index contributed by atoms with van der Waals surface area (Å²) in [6.45, 7) is 1.41. The number of thioether (sulfide) groups is 1. The summed E-state index contributed by atoms with van der Waals surface area (Å²) in [5.74, 6) is -0.471. The Bertz CT molecular complexity index is 1420. The summed E-state index contributed by atoms with van der Waals surface area (Å²) < 4.78 is 1.43. The largest absolute Gasteiger partial charge is 0.326 e. The van der Waals surface area contributed by atoms with Gasteiger partial charge in [0.05, 0.1) is 27.4 Å². The number of rotatable bonds is 6. The fourth-order valence-electron chi connectivity index (χ4n) is 3.26. The summed E-state index contributed by atoms with van der Waals surface area (Å²) in [7, 11) is 0. The van der Waals surface area contributed by atoms with Crippen LogP contribution in [0, 0.1) is 0 Å². The van der Waals surface area contributed by atoms with Crippen LogP contribution in [-0.2, 0) is 9.59 Å². The van der Waals surface area contributed by atoms with Gasteiger partial charge in [0.1, 0.15) is 0 Å². The molecule has 0 saturated heterocycles. The zero-order valence-corrected chi connectivity index (χ0v) is 19.1. The van der Waals surface area contributed by atoms with Crippen molar-refractivity contribution >= 4 is 57.5 Å². The second kappa shape index (κ2) is 9.89. The maximum absolute atomic E-state index is 13.3. The monoisotopic (exact) mass is 478 g/mol. The third kappa shape index (κ3) is 5.24. The number of carbonyl (C=O) groups excluding carboxylic acids is 2. The van der Waals surface area contributed by atoms with Gasteiger partial charge in [-0.1, -0.05) is 53.7 Å². The summed E-state index contributed by atoms with van der Waals surface area (Å²) in [4.78, 5) is 41.8. The van der Waals surface area contributed by atoms with Crippen molar-refractivity contribution in [3.8, 4) is 5.69 Å². The average Bonchev–Trinajstić information content (AvgIpc) is 2.78. The Morgan fingerprint density at radius 3 is 2.42 bits per heavy atom. The lowest BCUT2D eigenvalue weighted by Crippen LogP contribution is -2.23. The van der Waals surface area contributed by atoms with Crippen LogP contribution in [0.2, 0.25) is 5.02 Å². The number of hydrogen-bond donors (Lipinski definition) is 2. The highest BCUT2D eigenvalue weighted by atomic mass is 35.5. The van der Waals surface area contributed by atoms with Gasteiger partial charge >= 0.3 is 0 Å². The lowest BCUT2D eigenvalue weighted by Gasteiger charge is -2.14. The highest BCUT2D eigenvalue weighted by Crippen LogP contribution is 2.26. The molecule has 1 heterocycles. The standard InChI is InChI=1S/C24H19ClN4O3S/c1-15(30)26-16-7-6-8-17(13-16)27-22(31)14-33-24-28-20-11-4-2-9-18(20)23(32)29(24)21-12-5-3-10-19(21)25/h2-13H,14H2,1H3,(H,26,30)(H,27,31). The van der Waals surface area contributed by atoms with E-state index in [-0.39, 0.29) is 23.1 Å². The number of nitrogens with zero attached hydrogens (tertiary/aromatic N) is 2. The van der Waals surface area contributed by atoms with Crippen molar-refractivity contribution in [1.82, 2.24) is 9.55 Å². The highest BCUT2D eigenvalue weighted by molar-refractivity contribution is 7.99. The summed E-state index contributed by atoms with van der Waals surface area (Å²) in [6, 6.07) is 20.9. The van der Waals surface area contributed by atoms with Gasteiger partial charge in [-0.2, -0.15) is 0 Å². The Labute approximate surface area is 198 Å². The molecule has 1 aromatic heterocycles. The number of aromatic nitrogens is 2. The summed E-state index contributed by atoms with van der Waals surface area (Å²) in [5, 5.41) is 6.69. The third-order valence-electron chi connectivity index (χ3n) is 4.64. The van der Waals surface area contributed by atoms with Gasteiger partial charge in [0.25, 0.3) is 5.56 Å². The molecule has 33 heavy (non-hydrogen) atoms. The molecular weight excluding hydrogens is 460 g/mol. The quantitative estimate of drug-likeness (QED) is 0.309. The van der Waals surface area contributed by atoms with Crippen LogP contribution < -0.4 is 16.2 Å². The minimum absolute atomic E-state index is 0.0135. The SMILES string of the molecule is CC(=O)Nc1cccc(NC(=O)CSc2nc3ccccc3c(=O)n2-c2ccccc2Cl)c1. The lowest BCUT2D eigenvalue weighted by molar-refractivity contribution is -0.114. The molecule has 0 bridgehead atoms. The van der Waals surface area contributed by atoms with Crippen molar-refractivity contribution in [2.45, 2.75) is 12.1 Å². The van der Waals surface area contributed by atoms with Crippen molar-refractivity contribution in [2.75, 3.05) is 16.4 Å². The van der Waals surface area contributed by atoms with E-state index in [4.69, 9.17) is 11.6 Å². The van der Waals surface area contributed by atoms with Gasteiger partial charge in [0, 0.05) is 18.3 Å². The van der Waals surface area contributed by atoms with Crippen molar-refractivity contribution in [2.24, 2.45) is 0 Å². The molecule has 2 amide bonds. The second-order valence-electron chi connectivity index (χ2n) is 7.10. The molecule has 0 atom stereocenters. The maximum atomic E-state index is 13.3. The first kappa shape index (κ1) is 22.6. The van der Waals surface area contributed by atoms with Gasteiger partial charge in [-0.15, -0.1) is 0 Å². The fourth-order valence-corrected chi connectivity index (χ4v) is 4.29. The minimum Gasteiger partial charge on any atom is -0.326 e. The number of para-hydroxylation sites is 2. The van der Waals surface area contributed by atoms with E-state index in [1.807, 2.05) is 0 Å². The molecule has 4 aromatic rings. The molecule has 0 aliphatic carbocycles. The van der Waals surface area contributed by atoms with E-state index in [1.54, 1.807) is 72.8 Å². The summed E-state index contributed by atoms with van der Waals surface area (Å²) in [6.07, 6.45) is 0. The Balaban J connectivity index is 1.62. The van der Waals surface area contributed by atoms with E-state index >= 15 is 0 Å². The van der Waals surface area contributed by atoms with E-state index < -0.39 is 0 Å². The predicted molar refractivity (Wildman–Crippen MR) is 132 cm³/mol. The van der Waals surface area contributed by atoms with E-state index in [0.29, 0.717) is 38.1 Å². The zero-order chi connectivity index (χ0) is 23.4. The Morgan fingerprint density at radius 1 is 0.970 bits per heavy atom. The van der Waals surface area contributed by atoms with Gasteiger partial charge < -0.3 is 10.6 Å². The van der Waals surface area contributed by atoms with Crippen LogP contribution >= 0.6 is 23.4 Å². The smallest absolute Gasteiger partial charge is 0.266 e. The van der Waals surface area contributed by atoms with Crippen LogP contribution in [0.5, 0.6) is 0 Å². The average molecular weight is 479 g/mol. The normalized spacial score (nSPS) is 10.7. The van der Waals surface area contributed by atoms with E-state index in [2.05, 4.69) is 15.6 Å². The maximum Gasteiger partial charge on any atom is 0.266 e. The molecule has 0 spiro atoms. The van der Waals surface area contributed by atoms with Crippen molar-refractivity contribution in [3.05, 3.63) is 88.2 Å². The van der Waals surface area contributed by atoms with E-state index in [0.717, 1.165) is 11.8 Å². The molecule has 3 aromatic carbocycles. The Kier molecular flexibility index (Phi) is 6.76. The van der Waals surface area contributed by atoms with Crippen LogP contribution in [0.25, 0.3) is 16.6 Å². The zero-order valence-electron chi connectivity index (χ0n) is 17.5. The highest BCUT2D eigenvalue weighted by Gasteiger charge is 2.16. The first-order chi connectivity index (χ1) is 15.9. The van der Waals surface area contributed by atoms with Crippen LogP contribution in [-0.4, -0.2) is 27.1 Å². The van der Waals surface area contributed by atoms with Gasteiger partial charge in [-0.3, -0.25) is 19.0 Å². The van der Waals surface area contributed by atoms with Crippen molar-refractivity contribution in [1.29, 1.82) is 0 Å². The number of hydrogen-bond acceptors (Lipinski definition) is 5. The number of benzene rings is 3. The fraction of sp³-hybridized carbons (Fsp3) is 0.0833. The molecule has 0 radical (unpaired) electrons. The van der Waals surface area contributed by atoms with Crippen molar-refractivity contribution < 1.29 is 9.59 Å². The predicted octanol–water partition coefficient (Wildman–Crippen LogP) is 4.73. The second-order valence-corrected chi connectivity index (χ2v) is 8.45. The van der Waals surface area contributed by atoms with Crippen LogP contribution in [0.15, 0.2) is 82.7 Å². The number of amides is 2. The summed E-state index contributed by atoms with van der Waals surface area (Å²) in [5.41, 5.74) is 1.89. The van der Waals surface area contributed by atoms with E-state index in [1.165, 1.54) is 11.5 Å². The lowest BCUT2D eigenvalue weighted by atomic mass is 10.2. The van der Waals surface area contributed by atoms with Gasteiger partial charge in [0.15, 0.2) is 5.16 Å². The Hall–Kier alpha value is -3.62. The van der Waals surface area contributed by atoms with Gasteiger partial charge in [-0.05, 0) is 42.5 Å². The molecule has 9 heteroatoms. The molecule has 7 nitrogen and oxygen atoms in total. The molecule has 0 aliphatic heterocycles. The van der Waals surface area contributed by atoms with Crippen LogP contribution in [0.3, 0.4) is 0 Å². The molecule has 0 fully saturated rings. The number of nitrogens with one attached hydrogen (secondary N) is 2. The third-order valence-corrected chi connectivity index (χ3v) is 5.90. The first-order valence-electron chi connectivity index (χ1n) is 9.99. The molecule has 0 aliphatic rings. The molecule has 4 rings (SSSR count). The van der Waals surface area contributed by atoms with Crippen molar-refractivity contribution in [3.63, 3.8) is 0 Å². The van der Waals surface area contributed by atoms with Crippen LogP contribution in [0.4, 0.5) is 11.4 Å². The number of carbonyl (C=O) groups is 2. The Morgan fingerprint density at radius 2 is 1.67 bits per heavy atom. The molecule has 166 valence electrons. The molecule has 2 N–H and O–H groups in total. The van der Waals surface area contributed by atoms with Gasteiger partial charge in [0.2, 0.25) is 11.8 Å². The number of anilines is 2. The minimum atomic E-state index is -0.284. The number of fused-ring (bicyclic) bond motifs is 1. The van der Waals surface area contributed by atoms with E-state index in [9.17, 15) is 14.4 Å². The van der Waals surface area contributed by atoms with Gasteiger partial charge in [-0.25, -0.2) is 4.98 Å².